The van der Waals surface area contributed by atoms with Crippen molar-refractivity contribution in [2.75, 3.05) is 7.11 Å². The summed E-state index contributed by atoms with van der Waals surface area (Å²) in [6, 6.07) is 13.1. The molecule has 0 aliphatic carbocycles. The van der Waals surface area contributed by atoms with Crippen molar-refractivity contribution in [1.29, 1.82) is 0 Å². The van der Waals surface area contributed by atoms with E-state index in [1.54, 1.807) is 25.3 Å². The summed E-state index contributed by atoms with van der Waals surface area (Å²) in [4.78, 5) is 12.1. The topological polar surface area (TPSA) is 38.3 Å². The number of hydrogen-bond donors (Lipinski definition) is 1. The summed E-state index contributed by atoms with van der Waals surface area (Å²) in [6.45, 7) is 0.465. The van der Waals surface area contributed by atoms with Gasteiger partial charge in [-0.25, -0.2) is 0 Å². The molecule has 5 heteroatoms. The molecule has 0 heterocycles. The van der Waals surface area contributed by atoms with Gasteiger partial charge in [-0.3, -0.25) is 4.79 Å². The van der Waals surface area contributed by atoms with Gasteiger partial charge in [0, 0.05) is 18.0 Å². The Morgan fingerprint density at radius 3 is 2.67 bits per heavy atom. The maximum Gasteiger partial charge on any atom is 0.251 e. The second kappa shape index (κ2) is 7.48. The molecule has 110 valence electrons. The summed E-state index contributed by atoms with van der Waals surface area (Å²) in [5.41, 5.74) is 2.64. The minimum absolute atomic E-state index is 0.130. The second-order valence-electron chi connectivity index (χ2n) is 4.49. The van der Waals surface area contributed by atoms with Crippen LogP contribution in [0.2, 0.25) is 0 Å². The number of carbonyl (C=O) groups is 1. The number of amides is 1. The molecule has 0 spiro atoms. The highest BCUT2D eigenvalue weighted by molar-refractivity contribution is 9.10. The number of ether oxygens (including phenoxy) is 1. The van der Waals surface area contributed by atoms with Crippen LogP contribution in [0, 0.1) is 0 Å². The molecular weight excluding hydrogens is 354 g/mol. The standard InChI is InChI=1S/C16H15BrClNO2/c1-21-15-6-5-13(8-14(15)17)16(20)19-10-12-4-2-3-11(7-12)9-18/h2-8H,9-10H2,1H3,(H,19,20). The van der Waals surface area contributed by atoms with Crippen molar-refractivity contribution in [2.45, 2.75) is 12.4 Å². The first-order valence-corrected chi connectivity index (χ1v) is 7.72. The smallest absolute Gasteiger partial charge is 0.251 e. The molecule has 0 bridgehead atoms. The molecule has 2 rings (SSSR count). The van der Waals surface area contributed by atoms with Gasteiger partial charge >= 0.3 is 0 Å². The van der Waals surface area contributed by atoms with Crippen molar-refractivity contribution in [3.63, 3.8) is 0 Å². The molecule has 0 fully saturated rings. The number of carbonyl (C=O) groups excluding carboxylic acids is 1. The number of hydrogen-bond acceptors (Lipinski definition) is 2. The van der Waals surface area contributed by atoms with Gasteiger partial charge in [0.2, 0.25) is 0 Å². The Hall–Kier alpha value is -1.52. The van der Waals surface area contributed by atoms with E-state index in [1.165, 1.54) is 0 Å². The largest absolute Gasteiger partial charge is 0.496 e. The lowest BCUT2D eigenvalue weighted by molar-refractivity contribution is 0.0951. The van der Waals surface area contributed by atoms with E-state index in [1.807, 2.05) is 24.3 Å². The van der Waals surface area contributed by atoms with Crippen molar-refractivity contribution in [1.82, 2.24) is 5.32 Å². The molecule has 0 saturated carbocycles. The number of benzene rings is 2. The molecule has 0 saturated heterocycles. The SMILES string of the molecule is COc1ccc(C(=O)NCc2cccc(CCl)c2)cc1Br. The third-order valence-corrected chi connectivity index (χ3v) is 3.94. The Bertz CT molecular complexity index is 646. The fourth-order valence-corrected chi connectivity index (χ4v) is 2.62. The van der Waals surface area contributed by atoms with Gasteiger partial charge in [-0.05, 0) is 45.3 Å². The molecule has 0 aliphatic rings. The van der Waals surface area contributed by atoms with Crippen LogP contribution in [0.5, 0.6) is 5.75 Å². The first-order valence-electron chi connectivity index (χ1n) is 6.39. The van der Waals surface area contributed by atoms with E-state index >= 15 is 0 Å². The lowest BCUT2D eigenvalue weighted by Crippen LogP contribution is -2.22. The highest BCUT2D eigenvalue weighted by Gasteiger charge is 2.08. The molecule has 1 amide bonds. The first-order chi connectivity index (χ1) is 10.1. The number of halogens is 2. The zero-order valence-corrected chi connectivity index (χ0v) is 13.9. The molecule has 2 aromatic rings. The van der Waals surface area contributed by atoms with Crippen LogP contribution >= 0.6 is 27.5 Å². The van der Waals surface area contributed by atoms with Crippen LogP contribution in [0.3, 0.4) is 0 Å². The van der Waals surface area contributed by atoms with Crippen LogP contribution in [-0.2, 0) is 12.4 Å². The summed E-state index contributed by atoms with van der Waals surface area (Å²) in [7, 11) is 1.59. The maximum absolute atomic E-state index is 12.1. The van der Waals surface area contributed by atoms with E-state index in [0.29, 0.717) is 23.7 Å². The fourth-order valence-electron chi connectivity index (χ4n) is 1.91. The maximum atomic E-state index is 12.1. The van der Waals surface area contributed by atoms with Gasteiger partial charge < -0.3 is 10.1 Å². The minimum Gasteiger partial charge on any atom is -0.496 e. The Morgan fingerprint density at radius 2 is 2.00 bits per heavy atom. The summed E-state index contributed by atoms with van der Waals surface area (Å²) >= 11 is 9.17. The predicted molar refractivity (Wildman–Crippen MR) is 87.9 cm³/mol. The monoisotopic (exact) mass is 367 g/mol. The molecular formula is C16H15BrClNO2. The number of rotatable bonds is 5. The fraction of sp³-hybridized carbons (Fsp3) is 0.188. The third kappa shape index (κ3) is 4.22. The average Bonchev–Trinajstić information content (AvgIpc) is 2.52. The molecule has 0 aliphatic heterocycles. The van der Waals surface area contributed by atoms with Crippen LogP contribution in [0.1, 0.15) is 21.5 Å². The lowest BCUT2D eigenvalue weighted by atomic mass is 10.1. The highest BCUT2D eigenvalue weighted by Crippen LogP contribution is 2.25. The second-order valence-corrected chi connectivity index (χ2v) is 5.61. The highest BCUT2D eigenvalue weighted by atomic mass is 79.9. The predicted octanol–water partition coefficient (Wildman–Crippen LogP) is 4.13. The van der Waals surface area contributed by atoms with Gasteiger partial charge in [0.1, 0.15) is 5.75 Å². The quantitative estimate of drug-likeness (QED) is 0.806. The van der Waals surface area contributed by atoms with Crippen LogP contribution in [0.4, 0.5) is 0 Å². The van der Waals surface area contributed by atoms with Gasteiger partial charge in [0.15, 0.2) is 0 Å². The van der Waals surface area contributed by atoms with E-state index < -0.39 is 0 Å². The van der Waals surface area contributed by atoms with Gasteiger partial charge in [-0.1, -0.05) is 24.3 Å². The van der Waals surface area contributed by atoms with E-state index in [9.17, 15) is 4.79 Å². The van der Waals surface area contributed by atoms with Crippen molar-refractivity contribution in [3.05, 3.63) is 63.6 Å². The number of nitrogens with one attached hydrogen (secondary N) is 1. The zero-order valence-electron chi connectivity index (χ0n) is 11.5. The van der Waals surface area contributed by atoms with Crippen molar-refractivity contribution in [3.8, 4) is 5.75 Å². The molecule has 0 radical (unpaired) electrons. The minimum atomic E-state index is -0.130. The molecule has 1 N–H and O–H groups in total. The number of methoxy groups -OCH3 is 1. The van der Waals surface area contributed by atoms with Gasteiger partial charge in [0.25, 0.3) is 5.91 Å². The summed E-state index contributed by atoms with van der Waals surface area (Å²) < 4.78 is 5.90. The van der Waals surface area contributed by atoms with Gasteiger partial charge in [-0.15, -0.1) is 11.6 Å². The Kier molecular flexibility index (Phi) is 5.65. The summed E-state index contributed by atoms with van der Waals surface area (Å²) in [6.07, 6.45) is 0. The first kappa shape index (κ1) is 15.9. The van der Waals surface area contributed by atoms with E-state index in [2.05, 4.69) is 21.2 Å². The van der Waals surface area contributed by atoms with Crippen LogP contribution in [0.25, 0.3) is 0 Å². The average molecular weight is 369 g/mol. The van der Waals surface area contributed by atoms with Crippen LogP contribution in [-0.4, -0.2) is 13.0 Å². The summed E-state index contributed by atoms with van der Waals surface area (Å²) in [5.74, 6) is 1.03. The molecule has 21 heavy (non-hydrogen) atoms. The van der Waals surface area contributed by atoms with E-state index in [-0.39, 0.29) is 5.91 Å². The van der Waals surface area contributed by atoms with E-state index in [0.717, 1.165) is 15.6 Å². The van der Waals surface area contributed by atoms with E-state index in [4.69, 9.17) is 16.3 Å². The molecule has 3 nitrogen and oxygen atoms in total. The molecule has 0 unspecified atom stereocenters. The zero-order chi connectivity index (χ0) is 15.2. The Morgan fingerprint density at radius 1 is 1.24 bits per heavy atom. The lowest BCUT2D eigenvalue weighted by Gasteiger charge is -2.08. The van der Waals surface area contributed by atoms with Gasteiger partial charge in [0.05, 0.1) is 11.6 Å². The molecule has 0 aromatic heterocycles. The van der Waals surface area contributed by atoms with Gasteiger partial charge in [-0.2, -0.15) is 0 Å². The normalized spacial score (nSPS) is 10.2. The van der Waals surface area contributed by atoms with Crippen molar-refractivity contribution >= 4 is 33.4 Å². The van der Waals surface area contributed by atoms with Crippen molar-refractivity contribution < 1.29 is 9.53 Å². The molecule has 2 aromatic carbocycles. The third-order valence-electron chi connectivity index (χ3n) is 3.01. The van der Waals surface area contributed by atoms with Crippen LogP contribution < -0.4 is 10.1 Å². The molecule has 0 atom stereocenters. The van der Waals surface area contributed by atoms with Crippen LogP contribution in [0.15, 0.2) is 46.9 Å². The Balaban J connectivity index is 2.02. The van der Waals surface area contributed by atoms with Crippen molar-refractivity contribution in [2.24, 2.45) is 0 Å². The summed E-state index contributed by atoms with van der Waals surface area (Å²) in [5, 5.41) is 2.89. The Labute approximate surface area is 137 Å². The number of alkyl halides is 1.